The van der Waals surface area contributed by atoms with Gasteiger partial charge in [-0.3, -0.25) is 14.4 Å². The van der Waals surface area contributed by atoms with Crippen LogP contribution in [-0.4, -0.2) is 37.2 Å². The highest BCUT2D eigenvalue weighted by molar-refractivity contribution is 5.71. The predicted molar refractivity (Wildman–Crippen MR) is 284 cm³/mol. The van der Waals surface area contributed by atoms with Crippen molar-refractivity contribution in [3.05, 3.63) is 85.1 Å². The van der Waals surface area contributed by atoms with Crippen LogP contribution < -0.4 is 0 Å². The van der Waals surface area contributed by atoms with Crippen LogP contribution >= 0.6 is 0 Å². The van der Waals surface area contributed by atoms with Crippen molar-refractivity contribution in [1.82, 2.24) is 0 Å². The third-order valence-corrected chi connectivity index (χ3v) is 11.6. The van der Waals surface area contributed by atoms with Crippen LogP contribution in [0.3, 0.4) is 0 Å². The highest BCUT2D eigenvalue weighted by atomic mass is 16.6. The standard InChI is InChI=1S/C60H102O6/c1-4-7-10-13-16-19-22-25-28-29-30-31-33-35-38-41-44-47-50-53-59(62)65-56-57(55-64-58(61)52-49-46-43-40-37-34-27-24-21-18-15-12-9-6-3)66-60(63)54-51-48-45-42-39-36-32-26-23-20-17-14-11-8-5-2/h7,10,16,19,25-26,28,30-32,35,38,44,47,57H,4-6,8-9,11-15,17-18,20-24,27,29,33-34,36-37,39-43,45-46,48-56H2,1-3H3/b10-7-,19-16-,28-25-,31-30-,32-26-,38-35-,47-44-/t57-/m1/s1. The molecule has 66 heavy (non-hydrogen) atoms. The van der Waals surface area contributed by atoms with Crippen molar-refractivity contribution in [3.8, 4) is 0 Å². The van der Waals surface area contributed by atoms with Gasteiger partial charge in [-0.2, -0.15) is 0 Å². The molecule has 0 heterocycles. The molecule has 0 aliphatic carbocycles. The van der Waals surface area contributed by atoms with E-state index in [1.807, 2.05) is 6.08 Å². The van der Waals surface area contributed by atoms with E-state index in [1.54, 1.807) is 0 Å². The van der Waals surface area contributed by atoms with Gasteiger partial charge in [0.2, 0.25) is 0 Å². The fourth-order valence-corrected chi connectivity index (χ4v) is 7.52. The van der Waals surface area contributed by atoms with Gasteiger partial charge < -0.3 is 14.2 Å². The minimum absolute atomic E-state index is 0.101. The maximum Gasteiger partial charge on any atom is 0.306 e. The molecule has 6 heteroatoms. The summed E-state index contributed by atoms with van der Waals surface area (Å²) in [5, 5.41) is 0. The molecule has 0 rings (SSSR count). The summed E-state index contributed by atoms with van der Waals surface area (Å²) in [6.45, 7) is 6.46. The molecule has 0 unspecified atom stereocenters. The summed E-state index contributed by atoms with van der Waals surface area (Å²) in [7, 11) is 0. The number of unbranched alkanes of at least 4 members (excludes halogenated alkanes) is 24. The van der Waals surface area contributed by atoms with Gasteiger partial charge in [0.05, 0.1) is 0 Å². The van der Waals surface area contributed by atoms with Gasteiger partial charge in [-0.15, -0.1) is 0 Å². The molecule has 0 saturated carbocycles. The summed E-state index contributed by atoms with van der Waals surface area (Å²) >= 11 is 0. The first kappa shape index (κ1) is 62.6. The van der Waals surface area contributed by atoms with Crippen LogP contribution in [0.4, 0.5) is 0 Å². The number of ether oxygens (including phenoxy) is 3. The van der Waals surface area contributed by atoms with Gasteiger partial charge in [0, 0.05) is 19.3 Å². The molecule has 378 valence electrons. The second kappa shape index (κ2) is 54.2. The molecule has 0 aliphatic heterocycles. The molecular weight excluding hydrogens is 817 g/mol. The Morgan fingerprint density at radius 2 is 0.621 bits per heavy atom. The first-order valence-corrected chi connectivity index (χ1v) is 27.6. The van der Waals surface area contributed by atoms with Crippen LogP contribution in [-0.2, 0) is 28.6 Å². The van der Waals surface area contributed by atoms with Crippen molar-refractivity contribution in [1.29, 1.82) is 0 Å². The smallest absolute Gasteiger partial charge is 0.306 e. The maximum absolute atomic E-state index is 12.8. The lowest BCUT2D eigenvalue weighted by Crippen LogP contribution is -2.30. The molecule has 0 spiro atoms. The van der Waals surface area contributed by atoms with Crippen molar-refractivity contribution in [2.75, 3.05) is 13.2 Å². The molecule has 1 atom stereocenters. The third-order valence-electron chi connectivity index (χ3n) is 11.6. The summed E-state index contributed by atoms with van der Waals surface area (Å²) < 4.78 is 16.8. The molecule has 0 fully saturated rings. The number of rotatable bonds is 49. The zero-order valence-electron chi connectivity index (χ0n) is 43.2. The molecule has 0 aliphatic rings. The van der Waals surface area contributed by atoms with Crippen LogP contribution in [0, 0.1) is 0 Å². The normalized spacial score (nSPS) is 12.7. The van der Waals surface area contributed by atoms with Crippen molar-refractivity contribution < 1.29 is 28.6 Å². The Bertz CT molecular complexity index is 1290. The Kier molecular flexibility index (Phi) is 51.4. The van der Waals surface area contributed by atoms with Gasteiger partial charge in [0.25, 0.3) is 0 Å². The highest BCUT2D eigenvalue weighted by Gasteiger charge is 2.19. The van der Waals surface area contributed by atoms with E-state index in [0.717, 1.165) is 89.9 Å². The predicted octanol–water partition coefficient (Wildman–Crippen LogP) is 18.4. The first-order chi connectivity index (χ1) is 32.5. The zero-order valence-corrected chi connectivity index (χ0v) is 43.2. The highest BCUT2D eigenvalue weighted by Crippen LogP contribution is 2.15. The van der Waals surface area contributed by atoms with Crippen LogP contribution in [0.2, 0.25) is 0 Å². The zero-order chi connectivity index (χ0) is 47.9. The molecule has 0 bridgehead atoms. The van der Waals surface area contributed by atoms with E-state index in [1.165, 1.54) is 122 Å². The number of carbonyl (C=O) groups excluding carboxylic acids is 3. The molecule has 0 N–H and O–H groups in total. The van der Waals surface area contributed by atoms with Gasteiger partial charge in [0.15, 0.2) is 6.10 Å². The largest absolute Gasteiger partial charge is 0.462 e. The third kappa shape index (κ3) is 51.6. The fraction of sp³-hybridized carbons (Fsp3) is 0.717. The number of hydrogen-bond donors (Lipinski definition) is 0. The number of carbonyl (C=O) groups is 3. The van der Waals surface area contributed by atoms with Gasteiger partial charge >= 0.3 is 17.9 Å². The molecule has 0 aromatic heterocycles. The minimum atomic E-state index is -0.809. The molecule has 0 saturated heterocycles. The van der Waals surface area contributed by atoms with Crippen molar-refractivity contribution in [2.45, 2.75) is 264 Å². The van der Waals surface area contributed by atoms with Crippen LogP contribution in [0.25, 0.3) is 0 Å². The number of hydrogen-bond acceptors (Lipinski definition) is 6. The Morgan fingerprint density at radius 1 is 0.318 bits per heavy atom. The fourth-order valence-electron chi connectivity index (χ4n) is 7.52. The molecule has 0 aromatic rings. The summed E-state index contributed by atoms with van der Waals surface area (Å²) in [4.78, 5) is 38.0. The first-order valence-electron chi connectivity index (χ1n) is 27.6. The van der Waals surface area contributed by atoms with E-state index in [4.69, 9.17) is 14.2 Å². The van der Waals surface area contributed by atoms with Gasteiger partial charge in [-0.05, 0) is 83.5 Å². The van der Waals surface area contributed by atoms with Crippen LogP contribution in [0.5, 0.6) is 0 Å². The quantitative estimate of drug-likeness (QED) is 0.0262. The van der Waals surface area contributed by atoms with E-state index in [9.17, 15) is 14.4 Å². The van der Waals surface area contributed by atoms with Crippen LogP contribution in [0.1, 0.15) is 258 Å². The molecule has 6 nitrogen and oxygen atoms in total. The lowest BCUT2D eigenvalue weighted by molar-refractivity contribution is -0.166. The molecule has 0 radical (unpaired) electrons. The van der Waals surface area contributed by atoms with E-state index >= 15 is 0 Å². The lowest BCUT2D eigenvalue weighted by atomic mass is 10.0. The van der Waals surface area contributed by atoms with E-state index in [0.29, 0.717) is 19.3 Å². The topological polar surface area (TPSA) is 78.9 Å². The Labute approximate surface area is 407 Å². The van der Waals surface area contributed by atoms with Crippen molar-refractivity contribution in [3.63, 3.8) is 0 Å². The number of allylic oxidation sites excluding steroid dienone is 14. The summed E-state index contributed by atoms with van der Waals surface area (Å²) in [5.41, 5.74) is 0. The van der Waals surface area contributed by atoms with Crippen molar-refractivity contribution in [2.24, 2.45) is 0 Å². The second-order valence-corrected chi connectivity index (χ2v) is 18.1. The molecular formula is C60H102O6. The minimum Gasteiger partial charge on any atom is -0.462 e. The lowest BCUT2D eigenvalue weighted by Gasteiger charge is -2.18. The second-order valence-electron chi connectivity index (χ2n) is 18.1. The van der Waals surface area contributed by atoms with Crippen molar-refractivity contribution >= 4 is 17.9 Å². The van der Waals surface area contributed by atoms with E-state index in [2.05, 4.69) is 99.8 Å². The van der Waals surface area contributed by atoms with Crippen LogP contribution in [0.15, 0.2) is 85.1 Å². The van der Waals surface area contributed by atoms with E-state index in [-0.39, 0.29) is 37.5 Å². The molecule has 0 aromatic carbocycles. The van der Waals surface area contributed by atoms with Gasteiger partial charge in [0.1, 0.15) is 13.2 Å². The average Bonchev–Trinajstić information content (AvgIpc) is 3.31. The molecule has 0 amide bonds. The summed E-state index contributed by atoms with van der Waals surface area (Å²) in [5.74, 6) is -0.993. The van der Waals surface area contributed by atoms with E-state index < -0.39 is 6.10 Å². The van der Waals surface area contributed by atoms with Gasteiger partial charge in [-0.25, -0.2) is 0 Å². The Morgan fingerprint density at radius 3 is 1.02 bits per heavy atom. The monoisotopic (exact) mass is 919 g/mol. The van der Waals surface area contributed by atoms with Gasteiger partial charge in [-0.1, -0.05) is 241 Å². The Balaban J connectivity index is 4.50. The average molecular weight is 919 g/mol. The maximum atomic E-state index is 12.8. The summed E-state index contributed by atoms with van der Waals surface area (Å²) in [6.07, 6.45) is 70.1. The SMILES string of the molecule is CC/C=C\C/C=C\C/C=C\C/C=C\C/C=C\C/C=C\CCC(=O)OC[C@@H](COC(=O)CCCCCCCCCCCCCCCC)OC(=O)CCCCCCC/C=C\CCCCCCCC. The summed E-state index contributed by atoms with van der Waals surface area (Å²) in [6, 6.07) is 0. The Hall–Kier alpha value is -3.41. The number of esters is 3.